The van der Waals surface area contributed by atoms with Crippen molar-refractivity contribution in [2.45, 2.75) is 31.7 Å². The zero-order valence-electron chi connectivity index (χ0n) is 14.7. The monoisotopic (exact) mass is 378 g/mol. The Labute approximate surface area is 155 Å². The smallest absolute Gasteiger partial charge is 0.251 e. The van der Waals surface area contributed by atoms with Gasteiger partial charge in [0.25, 0.3) is 5.91 Å². The fourth-order valence-electron chi connectivity index (χ4n) is 2.19. The lowest BCUT2D eigenvalue weighted by molar-refractivity contribution is -0.113. The number of carbonyl (C=O) groups excluding carboxylic acids is 2. The zero-order chi connectivity index (χ0) is 19.3. The third kappa shape index (κ3) is 5.56. The molecule has 0 aromatic heterocycles. The molecule has 0 aliphatic heterocycles. The van der Waals surface area contributed by atoms with Crippen LogP contribution in [-0.2, 0) is 4.79 Å². The molecule has 0 bridgehead atoms. The molecule has 2 aromatic rings. The van der Waals surface area contributed by atoms with Crippen LogP contribution in [0.2, 0.25) is 0 Å². The van der Waals surface area contributed by atoms with E-state index in [0.29, 0.717) is 16.1 Å². The quantitative estimate of drug-likeness (QED) is 0.743. The molecular formula is C19H20F2N2O2S. The number of amides is 2. The SMILES string of the molecule is Cc1cc(C(=O)NC(C)C)ccc1NC(=O)CSc1ccc(F)c(F)c1. The number of anilines is 1. The Morgan fingerprint density at radius 3 is 2.42 bits per heavy atom. The molecule has 2 aromatic carbocycles. The van der Waals surface area contributed by atoms with Crippen LogP contribution in [0.1, 0.15) is 29.8 Å². The molecule has 0 aliphatic rings. The minimum absolute atomic E-state index is 0.0375. The van der Waals surface area contributed by atoms with E-state index in [2.05, 4.69) is 10.6 Å². The highest BCUT2D eigenvalue weighted by atomic mass is 32.2. The van der Waals surface area contributed by atoms with Crippen LogP contribution in [0.4, 0.5) is 14.5 Å². The van der Waals surface area contributed by atoms with E-state index in [9.17, 15) is 18.4 Å². The molecular weight excluding hydrogens is 358 g/mol. The molecule has 0 unspecified atom stereocenters. The van der Waals surface area contributed by atoms with Crippen molar-refractivity contribution >= 4 is 29.3 Å². The highest BCUT2D eigenvalue weighted by Gasteiger charge is 2.11. The van der Waals surface area contributed by atoms with Gasteiger partial charge in [-0.1, -0.05) is 0 Å². The molecule has 0 aliphatic carbocycles. The number of hydrogen-bond donors (Lipinski definition) is 2. The van der Waals surface area contributed by atoms with E-state index < -0.39 is 11.6 Å². The van der Waals surface area contributed by atoms with E-state index in [1.807, 2.05) is 13.8 Å². The van der Waals surface area contributed by atoms with Gasteiger partial charge < -0.3 is 10.6 Å². The van der Waals surface area contributed by atoms with E-state index in [1.54, 1.807) is 25.1 Å². The normalized spacial score (nSPS) is 10.7. The second-order valence-electron chi connectivity index (χ2n) is 6.07. The van der Waals surface area contributed by atoms with Crippen LogP contribution in [0.15, 0.2) is 41.3 Å². The third-order valence-corrected chi connectivity index (χ3v) is 4.44. The molecule has 0 heterocycles. The summed E-state index contributed by atoms with van der Waals surface area (Å²) in [4.78, 5) is 24.5. The van der Waals surface area contributed by atoms with Gasteiger partial charge in [0.2, 0.25) is 5.91 Å². The lowest BCUT2D eigenvalue weighted by Crippen LogP contribution is -2.30. The number of halogens is 2. The van der Waals surface area contributed by atoms with Crippen molar-refractivity contribution in [1.82, 2.24) is 5.32 Å². The lowest BCUT2D eigenvalue weighted by atomic mass is 10.1. The molecule has 4 nitrogen and oxygen atoms in total. The summed E-state index contributed by atoms with van der Waals surface area (Å²) in [6, 6.07) is 8.56. The first-order valence-electron chi connectivity index (χ1n) is 8.05. The van der Waals surface area contributed by atoms with Gasteiger partial charge in [0.15, 0.2) is 11.6 Å². The fraction of sp³-hybridized carbons (Fsp3) is 0.263. The maximum atomic E-state index is 13.2. The minimum Gasteiger partial charge on any atom is -0.350 e. The Bertz CT molecular complexity index is 825. The van der Waals surface area contributed by atoms with Crippen LogP contribution < -0.4 is 10.6 Å². The highest BCUT2D eigenvalue weighted by molar-refractivity contribution is 8.00. The van der Waals surface area contributed by atoms with E-state index in [1.165, 1.54) is 6.07 Å². The van der Waals surface area contributed by atoms with Gasteiger partial charge in [-0.05, 0) is 62.7 Å². The number of rotatable bonds is 6. The van der Waals surface area contributed by atoms with E-state index in [0.717, 1.165) is 29.5 Å². The summed E-state index contributed by atoms with van der Waals surface area (Å²) >= 11 is 1.11. The fourth-order valence-corrected chi connectivity index (χ4v) is 2.91. The predicted octanol–water partition coefficient (Wildman–Crippen LogP) is 4.14. The average molecular weight is 378 g/mol. The molecule has 0 saturated carbocycles. The number of thioether (sulfide) groups is 1. The second-order valence-corrected chi connectivity index (χ2v) is 7.12. The maximum Gasteiger partial charge on any atom is 0.251 e. The van der Waals surface area contributed by atoms with Crippen molar-refractivity contribution < 1.29 is 18.4 Å². The van der Waals surface area contributed by atoms with Crippen LogP contribution in [0.3, 0.4) is 0 Å². The summed E-state index contributed by atoms with van der Waals surface area (Å²) < 4.78 is 26.1. The van der Waals surface area contributed by atoms with Gasteiger partial charge in [0, 0.05) is 22.2 Å². The molecule has 0 fully saturated rings. The van der Waals surface area contributed by atoms with E-state index >= 15 is 0 Å². The number of nitrogens with one attached hydrogen (secondary N) is 2. The van der Waals surface area contributed by atoms with Crippen molar-refractivity contribution in [3.8, 4) is 0 Å². The summed E-state index contributed by atoms with van der Waals surface area (Å²) in [7, 11) is 0. The molecule has 0 radical (unpaired) electrons. The summed E-state index contributed by atoms with van der Waals surface area (Å²) in [5.74, 6) is -2.25. The largest absolute Gasteiger partial charge is 0.350 e. The van der Waals surface area contributed by atoms with Crippen molar-refractivity contribution in [2.24, 2.45) is 0 Å². The number of aryl methyl sites for hydroxylation is 1. The minimum atomic E-state index is -0.943. The Kier molecular flexibility index (Phi) is 6.74. The van der Waals surface area contributed by atoms with Crippen molar-refractivity contribution in [3.63, 3.8) is 0 Å². The topological polar surface area (TPSA) is 58.2 Å². The molecule has 0 atom stereocenters. The summed E-state index contributed by atoms with van der Waals surface area (Å²) in [5, 5.41) is 5.56. The predicted molar refractivity (Wildman–Crippen MR) is 99.5 cm³/mol. The third-order valence-electron chi connectivity index (χ3n) is 3.44. The van der Waals surface area contributed by atoms with Crippen LogP contribution in [0, 0.1) is 18.6 Å². The number of benzene rings is 2. The van der Waals surface area contributed by atoms with Gasteiger partial charge in [-0.25, -0.2) is 8.78 Å². The number of hydrogen-bond acceptors (Lipinski definition) is 3. The number of carbonyl (C=O) groups is 2. The molecule has 2 N–H and O–H groups in total. The van der Waals surface area contributed by atoms with Gasteiger partial charge in [-0.3, -0.25) is 9.59 Å². The molecule has 138 valence electrons. The van der Waals surface area contributed by atoms with Gasteiger partial charge in [0.05, 0.1) is 5.75 Å². The molecule has 0 saturated heterocycles. The lowest BCUT2D eigenvalue weighted by Gasteiger charge is -2.12. The standard InChI is InChI=1S/C19H20F2N2O2S/c1-11(2)22-19(25)13-4-7-17(12(3)8-13)23-18(24)10-26-14-5-6-15(20)16(21)9-14/h4-9,11H,10H2,1-3H3,(H,22,25)(H,23,24). The Morgan fingerprint density at radius 2 is 1.81 bits per heavy atom. The molecule has 2 amide bonds. The first-order valence-corrected chi connectivity index (χ1v) is 9.04. The summed E-state index contributed by atoms with van der Waals surface area (Å²) in [6.07, 6.45) is 0. The average Bonchev–Trinajstić information content (AvgIpc) is 2.57. The van der Waals surface area contributed by atoms with Gasteiger partial charge in [-0.2, -0.15) is 0 Å². The van der Waals surface area contributed by atoms with Crippen LogP contribution in [0.5, 0.6) is 0 Å². The highest BCUT2D eigenvalue weighted by Crippen LogP contribution is 2.22. The Morgan fingerprint density at radius 1 is 1.08 bits per heavy atom. The molecule has 0 spiro atoms. The van der Waals surface area contributed by atoms with Crippen LogP contribution in [0.25, 0.3) is 0 Å². The van der Waals surface area contributed by atoms with E-state index in [4.69, 9.17) is 0 Å². The van der Waals surface area contributed by atoms with E-state index in [-0.39, 0.29) is 23.6 Å². The maximum absolute atomic E-state index is 13.2. The summed E-state index contributed by atoms with van der Waals surface area (Å²) in [6.45, 7) is 5.55. The first-order chi connectivity index (χ1) is 12.3. The van der Waals surface area contributed by atoms with Crippen LogP contribution >= 0.6 is 11.8 Å². The van der Waals surface area contributed by atoms with Gasteiger partial charge in [-0.15, -0.1) is 11.8 Å². The molecule has 7 heteroatoms. The molecule has 2 rings (SSSR count). The Hall–Kier alpha value is -2.41. The van der Waals surface area contributed by atoms with Crippen LogP contribution in [-0.4, -0.2) is 23.6 Å². The van der Waals surface area contributed by atoms with Gasteiger partial charge >= 0.3 is 0 Å². The first kappa shape index (κ1) is 19.9. The Balaban J connectivity index is 1.96. The van der Waals surface area contributed by atoms with Gasteiger partial charge in [0.1, 0.15) is 0 Å². The van der Waals surface area contributed by atoms with Crippen molar-refractivity contribution in [2.75, 3.05) is 11.1 Å². The molecule has 26 heavy (non-hydrogen) atoms. The van der Waals surface area contributed by atoms with Crippen molar-refractivity contribution in [1.29, 1.82) is 0 Å². The zero-order valence-corrected chi connectivity index (χ0v) is 15.5. The summed E-state index contributed by atoms with van der Waals surface area (Å²) in [5.41, 5.74) is 1.87. The second kappa shape index (κ2) is 8.80. The van der Waals surface area contributed by atoms with Crippen molar-refractivity contribution in [3.05, 3.63) is 59.2 Å².